The number of amides is 4. The van der Waals surface area contributed by atoms with Crippen LogP contribution in [-0.2, 0) is 25.6 Å². The normalized spacial score (nSPS) is 20.1. The van der Waals surface area contributed by atoms with E-state index < -0.39 is 53.2 Å². The van der Waals surface area contributed by atoms with Gasteiger partial charge in [-0.25, -0.2) is 9.37 Å². The van der Waals surface area contributed by atoms with Crippen LogP contribution in [0, 0.1) is 38.9 Å². The number of aliphatic hydroxyl groups excluding tert-OH is 1. The van der Waals surface area contributed by atoms with Crippen molar-refractivity contribution < 1.29 is 33.4 Å². The number of aryl methyl sites for hydroxylation is 4. The molecule has 5 atom stereocenters. The van der Waals surface area contributed by atoms with E-state index in [0.717, 1.165) is 54.0 Å². The molecule has 1 aliphatic carbocycles. The fourth-order valence-corrected chi connectivity index (χ4v) is 12.1. The fourth-order valence-electron chi connectivity index (χ4n) is 9.91. The summed E-state index contributed by atoms with van der Waals surface area (Å²) in [4.78, 5) is 68.5. The van der Waals surface area contributed by atoms with Crippen LogP contribution in [-0.4, -0.2) is 96.0 Å². The first-order valence-electron chi connectivity index (χ1n) is 24.9. The molecule has 0 spiro atoms. The number of rotatable bonds is 15. The second-order valence-corrected chi connectivity index (χ2v) is 23.3. The number of nitrogens with zero attached hydrogens (tertiary/aromatic N) is 6. The van der Waals surface area contributed by atoms with Gasteiger partial charge in [0, 0.05) is 65.4 Å². The zero-order valence-electron chi connectivity index (χ0n) is 42.7. The highest BCUT2D eigenvalue weighted by atomic mass is 35.5. The van der Waals surface area contributed by atoms with E-state index in [1.165, 1.54) is 17.0 Å². The van der Waals surface area contributed by atoms with Crippen LogP contribution in [0.5, 0.6) is 5.75 Å². The minimum atomic E-state index is -1.02. The lowest BCUT2D eigenvalue weighted by Gasteiger charge is -2.36. The number of likely N-dealkylation sites (tertiary alicyclic amines) is 1. The van der Waals surface area contributed by atoms with Crippen LogP contribution < -0.4 is 20.7 Å². The van der Waals surface area contributed by atoms with Crippen LogP contribution in [0.1, 0.15) is 122 Å². The average Bonchev–Trinajstić information content (AvgIpc) is 4.11. The number of aliphatic hydroxyl groups is 1. The summed E-state index contributed by atoms with van der Waals surface area (Å²) in [6, 6.07) is 16.6. The van der Waals surface area contributed by atoms with Gasteiger partial charge in [0.1, 0.15) is 46.6 Å². The smallest absolute Gasteiger partial charge is 0.246 e. The topological polar surface area (TPSA) is 193 Å². The Hall–Kier alpha value is -6.34. The Kier molecular flexibility index (Phi) is 15.2. The highest BCUT2D eigenvalue weighted by Crippen LogP contribution is 2.40. The first-order chi connectivity index (χ1) is 35.2. The first kappa shape index (κ1) is 52.5. The van der Waals surface area contributed by atoms with Crippen LogP contribution in [0.3, 0.4) is 0 Å². The number of fused-ring (bicyclic) bond motifs is 3. The Balaban J connectivity index is 0.779. The minimum Gasteiger partial charge on any atom is -0.490 e. The standard InChI is InChI=1S/C55H61ClFN9O6S2/c1-28-31(4)74-54-47(28)48(35-14-16-37(56)17-15-35)61-43(51-64-63-32(5)66(51)54)25-46(69)60-39-22-42(23-39)72-41-20-33(19-38(57)21-41)9-18-45(68)62-50(55(6,7)8)53(71)65-26-40(67)24-44(65)52(70)59-29(2)34-10-12-36(13-11-34)49-30(3)58-27-73-49/h10-17,19-21,27,29,39-40,42-44,50,67H,9,18,22-26H2,1-8H3,(H,59,70)(H,60,69)(H,62,68)/t29-,39?,40+,42?,43-,44-,50+/m0/s1. The molecule has 15 nitrogen and oxygen atoms in total. The summed E-state index contributed by atoms with van der Waals surface area (Å²) < 4.78 is 23.3. The largest absolute Gasteiger partial charge is 0.490 e. The van der Waals surface area contributed by atoms with Crippen LogP contribution in [0.25, 0.3) is 15.4 Å². The molecule has 2 fully saturated rings. The number of carbonyl (C=O) groups is 4. The molecule has 3 aromatic heterocycles. The average molecular weight is 1060 g/mol. The summed E-state index contributed by atoms with van der Waals surface area (Å²) in [5.41, 5.74) is 8.17. The van der Waals surface area contributed by atoms with Crippen LogP contribution in [0.4, 0.5) is 4.39 Å². The molecule has 388 valence electrons. The quantitative estimate of drug-likeness (QED) is 0.0778. The zero-order chi connectivity index (χ0) is 52.7. The van der Waals surface area contributed by atoms with Crippen LogP contribution in [0.15, 0.2) is 77.2 Å². The Morgan fingerprint density at radius 1 is 0.932 bits per heavy atom. The van der Waals surface area contributed by atoms with Crippen molar-refractivity contribution in [2.24, 2.45) is 10.4 Å². The van der Waals surface area contributed by atoms with Gasteiger partial charge in [0.05, 0.1) is 40.4 Å². The molecule has 9 rings (SSSR count). The zero-order valence-corrected chi connectivity index (χ0v) is 45.1. The molecule has 6 aromatic rings. The maximum atomic E-state index is 15.1. The predicted molar refractivity (Wildman–Crippen MR) is 285 cm³/mol. The lowest BCUT2D eigenvalue weighted by atomic mass is 9.85. The summed E-state index contributed by atoms with van der Waals surface area (Å²) in [7, 11) is 0. The van der Waals surface area contributed by atoms with E-state index in [4.69, 9.17) is 21.3 Å². The summed E-state index contributed by atoms with van der Waals surface area (Å²) in [6.07, 6.45) is 0.0296. The van der Waals surface area contributed by atoms with Gasteiger partial charge in [-0.2, -0.15) is 0 Å². The van der Waals surface area contributed by atoms with Crippen LogP contribution >= 0.6 is 34.3 Å². The van der Waals surface area contributed by atoms with Gasteiger partial charge in [0.2, 0.25) is 23.6 Å². The molecule has 3 aromatic carbocycles. The van der Waals surface area contributed by atoms with E-state index >= 15 is 4.39 Å². The summed E-state index contributed by atoms with van der Waals surface area (Å²) >= 11 is 9.47. The van der Waals surface area contributed by atoms with Gasteiger partial charge in [0.25, 0.3) is 0 Å². The maximum Gasteiger partial charge on any atom is 0.246 e. The van der Waals surface area contributed by atoms with E-state index in [0.29, 0.717) is 40.8 Å². The number of ether oxygens (including phenoxy) is 1. The number of aliphatic imine (C=N–C) groups is 1. The fraction of sp³-hybridized carbons (Fsp3) is 0.418. The monoisotopic (exact) mass is 1060 g/mol. The van der Waals surface area contributed by atoms with Gasteiger partial charge < -0.3 is 30.7 Å². The Bertz CT molecular complexity index is 3120. The molecular formula is C55H61ClFN9O6S2. The molecule has 19 heteroatoms. The number of thiazole rings is 1. The second-order valence-electron chi connectivity index (χ2n) is 20.8. The molecule has 4 N–H and O–H groups in total. The molecule has 5 heterocycles. The van der Waals surface area contributed by atoms with E-state index in [-0.39, 0.29) is 56.3 Å². The predicted octanol–water partition coefficient (Wildman–Crippen LogP) is 8.79. The first-order valence-corrected chi connectivity index (χ1v) is 27.0. The van der Waals surface area contributed by atoms with Crippen LogP contribution in [0.2, 0.25) is 5.02 Å². The van der Waals surface area contributed by atoms with Crippen molar-refractivity contribution in [1.29, 1.82) is 0 Å². The summed E-state index contributed by atoms with van der Waals surface area (Å²) in [5, 5.41) is 30.3. The molecule has 3 aliphatic rings. The molecule has 0 radical (unpaired) electrons. The van der Waals surface area contributed by atoms with Gasteiger partial charge in [0.15, 0.2) is 5.82 Å². The third-order valence-electron chi connectivity index (χ3n) is 14.1. The number of nitrogens with one attached hydrogen (secondary N) is 3. The SMILES string of the molecule is Cc1ncsc1-c1ccc([C@H](C)NC(=O)[C@@H]2C[C@@H](O)CN2C(=O)[C@@H](NC(=O)CCc2cc(F)cc(OC3CC(NC(=O)C[C@@H]4N=C(c5ccc(Cl)cc5)c5c(sc(C)c5C)-n5c(C)nnc54)C3)c2)C(C)(C)C)cc1. The number of benzene rings is 3. The van der Waals surface area contributed by atoms with Gasteiger partial charge in [-0.1, -0.05) is 68.8 Å². The Morgan fingerprint density at radius 3 is 2.34 bits per heavy atom. The van der Waals surface area contributed by atoms with E-state index in [1.807, 2.05) is 100 Å². The van der Waals surface area contributed by atoms with Crippen molar-refractivity contribution in [3.63, 3.8) is 0 Å². The number of aromatic nitrogens is 4. The summed E-state index contributed by atoms with van der Waals surface area (Å²) in [6.45, 7) is 15.3. The number of halogens is 2. The molecule has 0 unspecified atom stereocenters. The van der Waals surface area contributed by atoms with Crippen molar-refractivity contribution in [3.05, 3.63) is 133 Å². The molecule has 4 amide bonds. The van der Waals surface area contributed by atoms with Crippen molar-refractivity contribution in [1.82, 2.24) is 40.6 Å². The lowest BCUT2D eigenvalue weighted by Crippen LogP contribution is -2.57. The van der Waals surface area contributed by atoms with Gasteiger partial charge >= 0.3 is 0 Å². The highest BCUT2D eigenvalue weighted by molar-refractivity contribution is 7.15. The molecule has 1 saturated carbocycles. The molecule has 1 saturated heterocycles. The number of carbonyl (C=O) groups excluding carboxylic acids is 4. The second kappa shape index (κ2) is 21.5. The van der Waals surface area contributed by atoms with E-state index in [1.54, 1.807) is 28.7 Å². The summed E-state index contributed by atoms with van der Waals surface area (Å²) in [5.74, 6) is -0.422. The lowest BCUT2D eigenvalue weighted by molar-refractivity contribution is -0.144. The number of β-amino-alcohol motifs (C(OH)–C–C–N with tert-alkyl or cyclic N) is 1. The number of hydrogen-bond acceptors (Lipinski definition) is 12. The number of thiophene rings is 1. The van der Waals surface area contributed by atoms with Gasteiger partial charge in [-0.05, 0) is 93.0 Å². The third-order valence-corrected chi connectivity index (χ3v) is 16.6. The van der Waals surface area contributed by atoms with Crippen molar-refractivity contribution in [3.8, 4) is 21.2 Å². The van der Waals surface area contributed by atoms with E-state index in [9.17, 15) is 24.3 Å². The highest BCUT2D eigenvalue weighted by Gasteiger charge is 2.45. The minimum absolute atomic E-state index is 0.0413. The Labute approximate surface area is 443 Å². The van der Waals surface area contributed by atoms with Crippen molar-refractivity contribution in [2.45, 2.75) is 136 Å². The van der Waals surface area contributed by atoms with Crippen molar-refractivity contribution >= 4 is 63.6 Å². The molecule has 2 aliphatic heterocycles. The van der Waals surface area contributed by atoms with E-state index in [2.05, 4.69) is 45.0 Å². The van der Waals surface area contributed by atoms with Gasteiger partial charge in [-0.3, -0.25) is 28.7 Å². The number of hydrogen-bond donors (Lipinski definition) is 4. The van der Waals surface area contributed by atoms with Crippen molar-refractivity contribution in [2.75, 3.05) is 6.54 Å². The Morgan fingerprint density at radius 2 is 1.65 bits per heavy atom. The molecular weight excluding hydrogens is 1000 g/mol. The maximum absolute atomic E-state index is 15.1. The molecule has 74 heavy (non-hydrogen) atoms. The van der Waals surface area contributed by atoms with Gasteiger partial charge in [-0.15, -0.1) is 32.9 Å². The molecule has 0 bridgehead atoms. The third kappa shape index (κ3) is 11.3.